The number of nitrogens with one attached hydrogen (secondary N) is 1. The molecular weight excluding hydrogens is 369 g/mol. The summed E-state index contributed by atoms with van der Waals surface area (Å²) in [7, 11) is 2.78. The van der Waals surface area contributed by atoms with Crippen molar-refractivity contribution in [1.82, 2.24) is 0 Å². The number of hydrogen-bond donors (Lipinski definition) is 0. The predicted molar refractivity (Wildman–Crippen MR) is 87.6 cm³/mol. The second kappa shape index (κ2) is 16.0. The SMILES string of the molecule is CC(C)(C)[NH-].COc1c[cH-]c2ccccc12.C[Si]C.[Cl-].[Cl-].[Ti+4]. The van der Waals surface area contributed by atoms with Gasteiger partial charge in [-0.25, -0.2) is 0 Å². The van der Waals surface area contributed by atoms with Crippen LogP contribution in [0.1, 0.15) is 20.8 Å². The molecule has 0 aliphatic rings. The normalized spacial score (nSPS) is 8.68. The Morgan fingerprint density at radius 1 is 1.09 bits per heavy atom. The quantitative estimate of drug-likeness (QED) is 0.461. The smallest absolute Gasteiger partial charge is 1.00 e. The number of benzene rings is 1. The van der Waals surface area contributed by atoms with Crippen LogP contribution in [0.3, 0.4) is 0 Å². The molecule has 122 valence electrons. The van der Waals surface area contributed by atoms with Gasteiger partial charge in [0.15, 0.2) is 0 Å². The molecule has 0 amide bonds. The van der Waals surface area contributed by atoms with Gasteiger partial charge in [-0.2, -0.15) is 0 Å². The second-order valence-electron chi connectivity index (χ2n) is 5.24. The van der Waals surface area contributed by atoms with Crippen LogP contribution in [0.2, 0.25) is 13.1 Å². The van der Waals surface area contributed by atoms with Crippen LogP contribution in [-0.4, -0.2) is 22.2 Å². The minimum atomic E-state index is -0.250. The molecule has 1 N–H and O–H groups in total. The van der Waals surface area contributed by atoms with Gasteiger partial charge in [0.05, 0.1) is 7.11 Å². The molecule has 0 bridgehead atoms. The summed E-state index contributed by atoms with van der Waals surface area (Å²) in [5.74, 6) is 0.959. The fraction of sp³-hybridized carbons (Fsp3) is 0.438. The molecule has 0 aromatic heterocycles. The zero-order valence-corrected chi connectivity index (χ0v) is 18.2. The van der Waals surface area contributed by atoms with Gasteiger partial charge in [-0.05, 0) is 0 Å². The van der Waals surface area contributed by atoms with Crippen LogP contribution in [0.15, 0.2) is 36.4 Å². The number of ether oxygens (including phenoxy) is 1. The van der Waals surface area contributed by atoms with Gasteiger partial charge >= 0.3 is 21.7 Å². The Balaban J connectivity index is -0.000000129. The number of rotatable bonds is 1. The Labute approximate surface area is 165 Å². The van der Waals surface area contributed by atoms with Gasteiger partial charge in [0.2, 0.25) is 0 Å². The Hall–Kier alpha value is 0.101. The second-order valence-corrected chi connectivity index (χ2v) is 6.24. The number of halogens is 2. The summed E-state index contributed by atoms with van der Waals surface area (Å²) >= 11 is 0. The molecule has 6 heteroatoms. The van der Waals surface area contributed by atoms with Crippen molar-refractivity contribution in [2.24, 2.45) is 0 Å². The van der Waals surface area contributed by atoms with E-state index < -0.39 is 0 Å². The number of fused-ring (bicyclic) bond motifs is 1. The molecular formula is C16H25Cl2NOSiTi. The van der Waals surface area contributed by atoms with Gasteiger partial charge < -0.3 is 35.3 Å². The largest absolute Gasteiger partial charge is 4.00 e. The fourth-order valence-electron chi connectivity index (χ4n) is 1.30. The molecule has 0 saturated carbocycles. The van der Waals surface area contributed by atoms with E-state index in [1.165, 1.54) is 10.8 Å². The molecule has 2 rings (SSSR count). The Morgan fingerprint density at radius 3 is 1.91 bits per heavy atom. The van der Waals surface area contributed by atoms with E-state index in [1.807, 2.05) is 39.0 Å². The summed E-state index contributed by atoms with van der Waals surface area (Å²) in [4.78, 5) is 0. The monoisotopic (exact) mass is 393 g/mol. The van der Waals surface area contributed by atoms with E-state index in [4.69, 9.17) is 10.5 Å². The van der Waals surface area contributed by atoms with Crippen molar-refractivity contribution in [2.45, 2.75) is 39.4 Å². The molecule has 2 aromatic rings. The molecule has 0 saturated heterocycles. The maximum absolute atomic E-state index is 6.94. The van der Waals surface area contributed by atoms with E-state index in [0.717, 1.165) is 15.3 Å². The molecule has 0 aliphatic carbocycles. The minimum Gasteiger partial charge on any atom is -1.00 e. The summed E-state index contributed by atoms with van der Waals surface area (Å²) < 4.78 is 5.17. The summed E-state index contributed by atoms with van der Waals surface area (Å²) in [5, 5.41) is 2.43. The number of methoxy groups -OCH3 is 1. The predicted octanol–water partition coefficient (Wildman–Crippen LogP) is -0.803. The van der Waals surface area contributed by atoms with E-state index >= 15 is 0 Å². The van der Waals surface area contributed by atoms with Crippen LogP contribution in [0.5, 0.6) is 5.75 Å². The first-order valence-electron chi connectivity index (χ1n) is 6.35. The zero-order valence-electron chi connectivity index (χ0n) is 14.1. The summed E-state index contributed by atoms with van der Waals surface area (Å²) in [6.07, 6.45) is 0. The van der Waals surface area contributed by atoms with Crippen LogP contribution >= 0.6 is 0 Å². The topological polar surface area (TPSA) is 33.0 Å². The zero-order chi connectivity index (χ0) is 14.9. The van der Waals surface area contributed by atoms with Gasteiger partial charge in [0.25, 0.3) is 0 Å². The fourth-order valence-corrected chi connectivity index (χ4v) is 1.30. The molecule has 0 aliphatic heterocycles. The van der Waals surface area contributed by atoms with Crippen molar-refractivity contribution in [2.75, 3.05) is 7.11 Å². The summed E-state index contributed by atoms with van der Waals surface area (Å²) in [6, 6.07) is 12.2. The van der Waals surface area contributed by atoms with Crippen LogP contribution in [0, 0.1) is 0 Å². The first kappa shape index (κ1) is 30.0. The molecule has 0 heterocycles. The third-order valence-corrected chi connectivity index (χ3v) is 1.86. The van der Waals surface area contributed by atoms with Crippen molar-refractivity contribution < 1.29 is 51.3 Å². The number of hydrogen-bond acceptors (Lipinski definition) is 1. The van der Waals surface area contributed by atoms with Crippen molar-refractivity contribution in [1.29, 1.82) is 0 Å². The van der Waals surface area contributed by atoms with E-state index in [2.05, 4.69) is 31.3 Å². The first-order valence-corrected chi connectivity index (χ1v) is 8.35. The van der Waals surface area contributed by atoms with E-state index in [1.54, 1.807) is 7.11 Å². The van der Waals surface area contributed by atoms with Gasteiger partial charge in [0.1, 0.15) is 0 Å². The molecule has 0 spiro atoms. The maximum Gasteiger partial charge on any atom is 4.00 e. The van der Waals surface area contributed by atoms with Crippen LogP contribution < -0.4 is 29.6 Å². The van der Waals surface area contributed by atoms with E-state index in [9.17, 15) is 0 Å². The minimum absolute atomic E-state index is 0. The van der Waals surface area contributed by atoms with Crippen LogP contribution in [0.25, 0.3) is 16.5 Å². The Morgan fingerprint density at radius 2 is 1.50 bits per heavy atom. The molecule has 0 fully saturated rings. The molecule has 2 radical (unpaired) electrons. The van der Waals surface area contributed by atoms with Crippen molar-refractivity contribution in [3.63, 3.8) is 0 Å². The summed E-state index contributed by atoms with van der Waals surface area (Å²) in [5.41, 5.74) is 6.69. The molecule has 2 aromatic carbocycles. The van der Waals surface area contributed by atoms with Crippen molar-refractivity contribution >= 4 is 20.3 Å². The van der Waals surface area contributed by atoms with Crippen molar-refractivity contribution in [3.05, 3.63) is 42.1 Å². The van der Waals surface area contributed by atoms with Gasteiger partial charge in [0, 0.05) is 15.3 Å². The van der Waals surface area contributed by atoms with Gasteiger partial charge in [-0.15, -0.1) is 41.3 Å². The van der Waals surface area contributed by atoms with E-state index in [-0.39, 0.29) is 52.1 Å². The third-order valence-electron chi connectivity index (χ3n) is 1.86. The summed E-state index contributed by atoms with van der Waals surface area (Å²) in [6.45, 7) is 9.87. The average molecular weight is 394 g/mol. The van der Waals surface area contributed by atoms with Crippen LogP contribution in [-0.2, 0) is 21.7 Å². The van der Waals surface area contributed by atoms with E-state index in [0.29, 0.717) is 0 Å². The molecule has 2 nitrogen and oxygen atoms in total. The first-order chi connectivity index (χ1) is 8.83. The van der Waals surface area contributed by atoms with Crippen molar-refractivity contribution in [3.8, 4) is 5.75 Å². The molecule has 22 heavy (non-hydrogen) atoms. The van der Waals surface area contributed by atoms with Gasteiger partial charge in [-0.1, -0.05) is 45.3 Å². The average Bonchev–Trinajstić information content (AvgIpc) is 2.70. The maximum atomic E-state index is 6.94. The third kappa shape index (κ3) is 15.0. The molecule has 0 atom stereocenters. The van der Waals surface area contributed by atoms with Gasteiger partial charge in [-0.3, -0.25) is 0 Å². The standard InChI is InChI=1S/C10H9O.C4H10N.C2H6Si.2ClH.Ti/c1-11-10-7-6-8-4-2-3-5-9(8)10;1-4(2,3)5;1-3-2;;;/h2-7H,1H3;5H,1-3H3;1-2H3;2*1H;/q2*-1;;;;+4/p-2. The Kier molecular flexibility index (Phi) is 21.8. The Bertz CT molecular complexity index is 466. The van der Waals surface area contributed by atoms with Crippen LogP contribution in [0.4, 0.5) is 0 Å². The molecule has 0 unspecified atom stereocenters.